The molecule has 1 saturated heterocycles. The number of carbonyl (C=O) groups excluding carboxylic acids is 1. The summed E-state index contributed by atoms with van der Waals surface area (Å²) in [6.07, 6.45) is 3.28. The van der Waals surface area contributed by atoms with Crippen molar-refractivity contribution < 1.29 is 4.79 Å². The number of para-hydroxylation sites is 1. The lowest BCUT2D eigenvalue weighted by Gasteiger charge is -2.33. The van der Waals surface area contributed by atoms with Crippen molar-refractivity contribution in [2.45, 2.75) is 6.54 Å². The van der Waals surface area contributed by atoms with Gasteiger partial charge in [0, 0.05) is 38.9 Å². The first-order valence-corrected chi connectivity index (χ1v) is 9.33. The summed E-state index contributed by atoms with van der Waals surface area (Å²) < 4.78 is 0. The van der Waals surface area contributed by atoms with E-state index in [1.807, 2.05) is 48.7 Å². The number of nitrogens with one attached hydrogen (secondary N) is 1. The summed E-state index contributed by atoms with van der Waals surface area (Å²) in [5.74, 6) is 0.722. The summed E-state index contributed by atoms with van der Waals surface area (Å²) >= 11 is 0. The standard InChI is InChI=1S/C20H23N7O/c1-25-9-11-26(12-10-25)19-8-7-16(13-21-19)14-22-20(28)18-15-23-27(24-18)17-5-3-2-4-6-17/h2-8,13,15H,9-12,14H2,1H3,(H,22,28). The normalized spacial score (nSPS) is 14.8. The van der Waals surface area contributed by atoms with E-state index in [2.05, 4.69) is 37.3 Å². The van der Waals surface area contributed by atoms with Gasteiger partial charge in [-0.1, -0.05) is 24.3 Å². The van der Waals surface area contributed by atoms with Crippen molar-refractivity contribution >= 4 is 11.7 Å². The van der Waals surface area contributed by atoms with Crippen LogP contribution in [0.2, 0.25) is 0 Å². The van der Waals surface area contributed by atoms with E-state index in [9.17, 15) is 4.79 Å². The Hall–Kier alpha value is -3.26. The van der Waals surface area contributed by atoms with Crippen LogP contribution in [0.5, 0.6) is 0 Å². The molecule has 3 heterocycles. The van der Waals surface area contributed by atoms with E-state index < -0.39 is 0 Å². The molecular weight excluding hydrogens is 354 g/mol. The topological polar surface area (TPSA) is 79.2 Å². The molecular formula is C20H23N7O. The average molecular weight is 377 g/mol. The quantitative estimate of drug-likeness (QED) is 0.723. The van der Waals surface area contributed by atoms with Crippen LogP contribution in [-0.2, 0) is 6.54 Å². The lowest BCUT2D eigenvalue weighted by atomic mass is 10.2. The molecule has 0 bridgehead atoms. The Kier molecular flexibility index (Phi) is 5.29. The zero-order chi connectivity index (χ0) is 19.3. The fourth-order valence-electron chi connectivity index (χ4n) is 3.07. The number of pyridine rings is 1. The molecule has 0 aliphatic carbocycles. The first-order valence-electron chi connectivity index (χ1n) is 9.33. The predicted octanol–water partition coefficient (Wildman–Crippen LogP) is 1.34. The van der Waals surface area contributed by atoms with Crippen LogP contribution in [0.3, 0.4) is 0 Å². The molecule has 144 valence electrons. The Morgan fingerprint density at radius 1 is 1.04 bits per heavy atom. The van der Waals surface area contributed by atoms with Gasteiger partial charge in [0.15, 0.2) is 5.69 Å². The number of anilines is 1. The molecule has 1 aromatic carbocycles. The van der Waals surface area contributed by atoms with Crippen LogP contribution in [-0.4, -0.2) is 64.0 Å². The summed E-state index contributed by atoms with van der Waals surface area (Å²) in [5.41, 5.74) is 2.04. The van der Waals surface area contributed by atoms with Crippen molar-refractivity contribution in [2.24, 2.45) is 0 Å². The van der Waals surface area contributed by atoms with E-state index in [4.69, 9.17) is 0 Å². The third-order valence-corrected chi connectivity index (χ3v) is 4.80. The average Bonchev–Trinajstić information content (AvgIpc) is 3.24. The van der Waals surface area contributed by atoms with Crippen molar-refractivity contribution in [2.75, 3.05) is 38.1 Å². The zero-order valence-electron chi connectivity index (χ0n) is 15.8. The van der Waals surface area contributed by atoms with E-state index >= 15 is 0 Å². The molecule has 0 unspecified atom stereocenters. The van der Waals surface area contributed by atoms with E-state index in [1.54, 1.807) is 0 Å². The van der Waals surface area contributed by atoms with Crippen molar-refractivity contribution in [1.29, 1.82) is 0 Å². The van der Waals surface area contributed by atoms with E-state index in [-0.39, 0.29) is 11.6 Å². The molecule has 0 saturated carbocycles. The Bertz CT molecular complexity index is 915. The number of hydrogen-bond donors (Lipinski definition) is 1. The second-order valence-corrected chi connectivity index (χ2v) is 6.85. The highest BCUT2D eigenvalue weighted by molar-refractivity contribution is 5.91. The van der Waals surface area contributed by atoms with Crippen molar-refractivity contribution in [1.82, 2.24) is 30.2 Å². The highest BCUT2D eigenvalue weighted by atomic mass is 16.2. The minimum absolute atomic E-state index is 0.259. The van der Waals surface area contributed by atoms with Gasteiger partial charge < -0.3 is 15.1 Å². The summed E-state index contributed by atoms with van der Waals surface area (Å²) in [6, 6.07) is 13.5. The Balaban J connectivity index is 1.33. The molecule has 0 radical (unpaired) electrons. The maximum atomic E-state index is 12.3. The van der Waals surface area contributed by atoms with Gasteiger partial charge in [0.25, 0.3) is 5.91 Å². The maximum absolute atomic E-state index is 12.3. The molecule has 4 rings (SSSR count). The number of nitrogens with zero attached hydrogens (tertiary/aromatic N) is 6. The van der Waals surface area contributed by atoms with Crippen molar-refractivity contribution in [3.05, 3.63) is 66.1 Å². The number of carbonyl (C=O) groups is 1. The lowest BCUT2D eigenvalue weighted by molar-refractivity contribution is 0.0945. The second kappa shape index (κ2) is 8.18. The molecule has 28 heavy (non-hydrogen) atoms. The third-order valence-electron chi connectivity index (χ3n) is 4.80. The highest BCUT2D eigenvalue weighted by Gasteiger charge is 2.15. The van der Waals surface area contributed by atoms with Gasteiger partial charge >= 0.3 is 0 Å². The number of hydrogen-bond acceptors (Lipinski definition) is 6. The summed E-state index contributed by atoms with van der Waals surface area (Å²) in [5, 5.41) is 11.3. The van der Waals surface area contributed by atoms with E-state index in [0.717, 1.165) is 43.2 Å². The summed E-state index contributed by atoms with van der Waals surface area (Å²) in [6.45, 7) is 4.45. The highest BCUT2D eigenvalue weighted by Crippen LogP contribution is 2.13. The number of benzene rings is 1. The first kappa shape index (κ1) is 18.1. The molecule has 1 amide bonds. The van der Waals surface area contributed by atoms with Crippen LogP contribution in [0.15, 0.2) is 54.9 Å². The minimum Gasteiger partial charge on any atom is -0.354 e. The van der Waals surface area contributed by atoms with Crippen LogP contribution in [0.1, 0.15) is 16.1 Å². The van der Waals surface area contributed by atoms with Gasteiger partial charge in [-0.15, -0.1) is 5.10 Å². The Morgan fingerprint density at radius 3 is 2.54 bits per heavy atom. The smallest absolute Gasteiger partial charge is 0.273 e. The predicted molar refractivity (Wildman–Crippen MR) is 106 cm³/mol. The molecule has 0 atom stereocenters. The fourth-order valence-corrected chi connectivity index (χ4v) is 3.07. The van der Waals surface area contributed by atoms with E-state index in [1.165, 1.54) is 11.0 Å². The van der Waals surface area contributed by atoms with Crippen LogP contribution >= 0.6 is 0 Å². The largest absolute Gasteiger partial charge is 0.354 e. The Morgan fingerprint density at radius 2 is 1.82 bits per heavy atom. The first-order chi connectivity index (χ1) is 13.7. The van der Waals surface area contributed by atoms with Crippen molar-refractivity contribution in [3.63, 3.8) is 0 Å². The van der Waals surface area contributed by atoms with Gasteiger partial charge in [0.2, 0.25) is 0 Å². The van der Waals surface area contributed by atoms with Gasteiger partial charge in [-0.2, -0.15) is 9.90 Å². The fraction of sp³-hybridized carbons (Fsp3) is 0.300. The molecule has 2 aromatic heterocycles. The number of likely N-dealkylation sites (N-methyl/N-ethyl adjacent to an activating group) is 1. The third kappa shape index (κ3) is 4.17. The maximum Gasteiger partial charge on any atom is 0.273 e. The monoisotopic (exact) mass is 377 g/mol. The molecule has 1 aliphatic rings. The number of piperazine rings is 1. The minimum atomic E-state index is -0.259. The lowest BCUT2D eigenvalue weighted by Crippen LogP contribution is -2.44. The van der Waals surface area contributed by atoms with Gasteiger partial charge in [0.1, 0.15) is 5.82 Å². The molecule has 1 aliphatic heterocycles. The zero-order valence-corrected chi connectivity index (χ0v) is 15.8. The van der Waals surface area contributed by atoms with Crippen LogP contribution in [0.25, 0.3) is 5.69 Å². The Labute approximate surface area is 163 Å². The van der Waals surface area contributed by atoms with Gasteiger partial charge in [-0.3, -0.25) is 4.79 Å². The molecule has 8 heteroatoms. The van der Waals surface area contributed by atoms with Gasteiger partial charge in [-0.05, 0) is 30.8 Å². The molecule has 1 fully saturated rings. The number of aromatic nitrogens is 4. The number of rotatable bonds is 5. The van der Waals surface area contributed by atoms with Crippen LogP contribution in [0.4, 0.5) is 5.82 Å². The molecule has 1 N–H and O–H groups in total. The summed E-state index contributed by atoms with van der Waals surface area (Å²) in [7, 11) is 2.13. The molecule has 3 aromatic rings. The number of amides is 1. The van der Waals surface area contributed by atoms with E-state index in [0.29, 0.717) is 6.54 Å². The van der Waals surface area contributed by atoms with Crippen molar-refractivity contribution in [3.8, 4) is 5.69 Å². The SMILES string of the molecule is CN1CCN(c2ccc(CNC(=O)c3cnn(-c4ccccc4)n3)cn2)CC1. The van der Waals surface area contributed by atoms with Gasteiger partial charge in [-0.25, -0.2) is 4.98 Å². The molecule has 8 nitrogen and oxygen atoms in total. The molecule has 0 spiro atoms. The van der Waals surface area contributed by atoms with Gasteiger partial charge in [0.05, 0.1) is 11.9 Å². The van der Waals surface area contributed by atoms with Crippen LogP contribution in [0, 0.1) is 0 Å². The summed E-state index contributed by atoms with van der Waals surface area (Å²) in [4.78, 5) is 22.9. The second-order valence-electron chi connectivity index (χ2n) is 6.85. The van der Waals surface area contributed by atoms with Crippen LogP contribution < -0.4 is 10.2 Å².